The number of amides is 2. The molecule has 1 unspecified atom stereocenters. The van der Waals surface area contributed by atoms with Crippen LogP contribution in [0, 0.1) is 5.41 Å². The smallest absolute Gasteiger partial charge is 0.315 e. The Hall–Kier alpha value is -1.75. The van der Waals surface area contributed by atoms with Crippen molar-refractivity contribution in [3.63, 3.8) is 0 Å². The molecule has 5 nitrogen and oxygen atoms in total. The summed E-state index contributed by atoms with van der Waals surface area (Å²) < 4.78 is 0. The normalized spacial score (nSPS) is 13.3. The van der Waals surface area contributed by atoms with E-state index in [-0.39, 0.29) is 6.54 Å². The van der Waals surface area contributed by atoms with Crippen LogP contribution in [0.1, 0.15) is 25.8 Å². The van der Waals surface area contributed by atoms with Gasteiger partial charge in [0.2, 0.25) is 0 Å². The molecular formula is C14H19ClN2O3. The predicted molar refractivity (Wildman–Crippen MR) is 77.7 cm³/mol. The lowest BCUT2D eigenvalue weighted by Crippen LogP contribution is -2.44. The molecule has 0 heterocycles. The molecule has 0 radical (unpaired) electrons. The van der Waals surface area contributed by atoms with Gasteiger partial charge in [0.15, 0.2) is 0 Å². The van der Waals surface area contributed by atoms with Gasteiger partial charge in [0.25, 0.3) is 0 Å². The van der Waals surface area contributed by atoms with E-state index in [0.29, 0.717) is 18.0 Å². The number of rotatable bonds is 6. The highest BCUT2D eigenvalue weighted by atomic mass is 35.5. The number of carboxylic acid groups (broad SMARTS) is 1. The first-order valence-corrected chi connectivity index (χ1v) is 6.75. The summed E-state index contributed by atoms with van der Waals surface area (Å²) in [5, 5.41) is 14.9. The van der Waals surface area contributed by atoms with Gasteiger partial charge in [0.05, 0.1) is 5.41 Å². The molecule has 0 saturated heterocycles. The Morgan fingerprint density at radius 2 is 1.95 bits per heavy atom. The van der Waals surface area contributed by atoms with Crippen molar-refractivity contribution in [2.75, 3.05) is 6.54 Å². The summed E-state index contributed by atoms with van der Waals surface area (Å²) in [7, 11) is 0. The summed E-state index contributed by atoms with van der Waals surface area (Å²) >= 11 is 5.97. The number of carbonyl (C=O) groups excluding carboxylic acids is 1. The molecule has 20 heavy (non-hydrogen) atoms. The van der Waals surface area contributed by atoms with E-state index < -0.39 is 17.4 Å². The lowest BCUT2D eigenvalue weighted by atomic mass is 9.88. The zero-order chi connectivity index (χ0) is 15.2. The van der Waals surface area contributed by atoms with Crippen LogP contribution in [0.3, 0.4) is 0 Å². The van der Waals surface area contributed by atoms with Crippen LogP contribution in [0.25, 0.3) is 0 Å². The number of aliphatic carboxylic acids is 1. The first-order valence-electron chi connectivity index (χ1n) is 6.37. The Balaban J connectivity index is 2.45. The summed E-state index contributed by atoms with van der Waals surface area (Å²) in [5.74, 6) is -0.925. The predicted octanol–water partition coefficient (Wildman–Crippen LogP) is 2.64. The standard InChI is InChI=1S/C14H19ClN2O3/c1-3-14(2,12(18)19)9-17-13(20)16-8-10-6-4-5-7-11(10)15/h4-7H,3,8-9H2,1-2H3,(H,18,19)(H2,16,17,20). The number of carbonyl (C=O) groups is 2. The number of carboxylic acids is 1. The molecule has 0 aromatic heterocycles. The lowest BCUT2D eigenvalue weighted by Gasteiger charge is -2.23. The lowest BCUT2D eigenvalue weighted by molar-refractivity contribution is -0.147. The van der Waals surface area contributed by atoms with E-state index in [1.807, 2.05) is 18.2 Å². The van der Waals surface area contributed by atoms with Crippen molar-refractivity contribution >= 4 is 23.6 Å². The van der Waals surface area contributed by atoms with Crippen molar-refractivity contribution in [3.05, 3.63) is 34.9 Å². The maximum atomic E-state index is 11.7. The fourth-order valence-corrected chi connectivity index (χ4v) is 1.71. The van der Waals surface area contributed by atoms with Crippen LogP contribution >= 0.6 is 11.6 Å². The van der Waals surface area contributed by atoms with E-state index in [4.69, 9.17) is 16.7 Å². The third kappa shape index (κ3) is 4.42. The zero-order valence-electron chi connectivity index (χ0n) is 11.6. The van der Waals surface area contributed by atoms with Gasteiger partial charge >= 0.3 is 12.0 Å². The van der Waals surface area contributed by atoms with Gasteiger partial charge in [-0.1, -0.05) is 36.7 Å². The van der Waals surface area contributed by atoms with Crippen LogP contribution < -0.4 is 10.6 Å². The number of benzene rings is 1. The van der Waals surface area contributed by atoms with Gasteiger partial charge < -0.3 is 15.7 Å². The number of halogens is 1. The summed E-state index contributed by atoms with van der Waals surface area (Å²) in [6.07, 6.45) is 0.438. The largest absolute Gasteiger partial charge is 0.481 e. The van der Waals surface area contributed by atoms with Crippen molar-refractivity contribution in [2.45, 2.75) is 26.8 Å². The van der Waals surface area contributed by atoms with Crippen molar-refractivity contribution in [2.24, 2.45) is 5.41 Å². The van der Waals surface area contributed by atoms with Gasteiger partial charge in [0.1, 0.15) is 0 Å². The number of nitrogens with one attached hydrogen (secondary N) is 2. The molecule has 2 amide bonds. The summed E-state index contributed by atoms with van der Waals surface area (Å²) in [4.78, 5) is 22.8. The highest BCUT2D eigenvalue weighted by molar-refractivity contribution is 6.31. The molecule has 3 N–H and O–H groups in total. The number of urea groups is 1. The molecule has 0 saturated carbocycles. The van der Waals surface area contributed by atoms with Crippen LogP contribution in [0.15, 0.2) is 24.3 Å². The van der Waals surface area contributed by atoms with E-state index >= 15 is 0 Å². The van der Waals surface area contributed by atoms with Crippen molar-refractivity contribution in [1.82, 2.24) is 10.6 Å². The highest BCUT2D eigenvalue weighted by Crippen LogP contribution is 2.19. The molecule has 0 aliphatic heterocycles. The first-order chi connectivity index (χ1) is 9.39. The van der Waals surface area contributed by atoms with Gasteiger partial charge in [-0.2, -0.15) is 0 Å². The molecular weight excluding hydrogens is 280 g/mol. The van der Waals surface area contributed by atoms with E-state index in [1.54, 1.807) is 19.9 Å². The van der Waals surface area contributed by atoms with Crippen molar-refractivity contribution in [1.29, 1.82) is 0 Å². The molecule has 1 aromatic rings. The molecule has 6 heteroatoms. The second-order valence-corrected chi connectivity index (χ2v) is 5.25. The van der Waals surface area contributed by atoms with Crippen LogP contribution in [-0.2, 0) is 11.3 Å². The minimum atomic E-state index is -0.957. The first kappa shape index (κ1) is 16.3. The van der Waals surface area contributed by atoms with Gasteiger partial charge in [-0.25, -0.2) is 4.79 Å². The van der Waals surface area contributed by atoms with E-state index in [1.165, 1.54) is 0 Å². The Morgan fingerprint density at radius 3 is 2.50 bits per heavy atom. The third-order valence-corrected chi connectivity index (χ3v) is 3.70. The molecule has 0 aliphatic carbocycles. The average molecular weight is 299 g/mol. The monoisotopic (exact) mass is 298 g/mol. The fourth-order valence-electron chi connectivity index (χ4n) is 1.51. The molecule has 110 valence electrons. The molecule has 1 aromatic carbocycles. The second-order valence-electron chi connectivity index (χ2n) is 4.85. The fraction of sp³-hybridized carbons (Fsp3) is 0.429. The molecule has 0 bridgehead atoms. The molecule has 1 rings (SSSR count). The molecule has 0 fully saturated rings. The topological polar surface area (TPSA) is 78.4 Å². The Morgan fingerprint density at radius 1 is 1.30 bits per heavy atom. The minimum Gasteiger partial charge on any atom is -0.481 e. The quantitative estimate of drug-likeness (QED) is 0.755. The molecule has 1 atom stereocenters. The summed E-state index contributed by atoms with van der Waals surface area (Å²) in [5.41, 5.74) is -0.150. The summed E-state index contributed by atoms with van der Waals surface area (Å²) in [6.45, 7) is 3.75. The zero-order valence-corrected chi connectivity index (χ0v) is 12.3. The number of hydrogen-bond acceptors (Lipinski definition) is 2. The maximum Gasteiger partial charge on any atom is 0.315 e. The van der Waals surface area contributed by atoms with Crippen LogP contribution in [-0.4, -0.2) is 23.7 Å². The maximum absolute atomic E-state index is 11.7. The third-order valence-electron chi connectivity index (χ3n) is 3.33. The van der Waals surface area contributed by atoms with Gasteiger partial charge in [-0.05, 0) is 25.0 Å². The van der Waals surface area contributed by atoms with Crippen LogP contribution in [0.4, 0.5) is 4.79 Å². The van der Waals surface area contributed by atoms with Crippen LogP contribution in [0.2, 0.25) is 5.02 Å². The number of hydrogen-bond donors (Lipinski definition) is 3. The van der Waals surface area contributed by atoms with E-state index in [0.717, 1.165) is 5.56 Å². The molecule has 0 spiro atoms. The van der Waals surface area contributed by atoms with E-state index in [2.05, 4.69) is 10.6 Å². The Kier molecular flexibility index (Phi) is 5.82. The van der Waals surface area contributed by atoms with Gasteiger partial charge in [0, 0.05) is 18.1 Å². The van der Waals surface area contributed by atoms with Gasteiger partial charge in [-0.3, -0.25) is 4.79 Å². The van der Waals surface area contributed by atoms with Gasteiger partial charge in [-0.15, -0.1) is 0 Å². The minimum absolute atomic E-state index is 0.0766. The Bertz CT molecular complexity index is 493. The highest BCUT2D eigenvalue weighted by Gasteiger charge is 2.31. The van der Waals surface area contributed by atoms with E-state index in [9.17, 15) is 9.59 Å². The van der Waals surface area contributed by atoms with Crippen molar-refractivity contribution < 1.29 is 14.7 Å². The molecule has 0 aliphatic rings. The Labute approximate surface area is 123 Å². The average Bonchev–Trinajstić information content (AvgIpc) is 2.43. The summed E-state index contributed by atoms with van der Waals surface area (Å²) in [6, 6.07) is 6.79. The SMILES string of the molecule is CCC(C)(CNC(=O)NCc1ccccc1Cl)C(=O)O. The second kappa shape index (κ2) is 7.14. The van der Waals surface area contributed by atoms with Crippen LogP contribution in [0.5, 0.6) is 0 Å². The van der Waals surface area contributed by atoms with Crippen molar-refractivity contribution in [3.8, 4) is 0 Å².